The van der Waals surface area contributed by atoms with E-state index in [4.69, 9.17) is 15.2 Å². The lowest BCUT2D eigenvalue weighted by Gasteiger charge is -2.17. The molecule has 128 valence electrons. The van der Waals surface area contributed by atoms with Crippen LogP contribution in [0.25, 0.3) is 0 Å². The number of amides is 1. The first-order valence-corrected chi connectivity index (χ1v) is 8.00. The molecule has 0 saturated heterocycles. The molecule has 3 N–H and O–H groups in total. The van der Waals surface area contributed by atoms with E-state index in [0.29, 0.717) is 30.9 Å². The number of hydrogen-bond donors (Lipinski definition) is 2. The van der Waals surface area contributed by atoms with E-state index in [-0.39, 0.29) is 12.0 Å². The molecule has 5 nitrogen and oxygen atoms in total. The number of aryl methyl sites for hydroxylation is 1. The highest BCUT2D eigenvalue weighted by Gasteiger charge is 2.10. The Hall–Kier alpha value is -2.69. The fourth-order valence-corrected chi connectivity index (χ4v) is 2.33. The molecule has 2 rings (SSSR count). The molecular formula is C19H24N2O3. The average Bonchev–Trinajstić information content (AvgIpc) is 2.59. The number of nitrogens with two attached hydrogens (primary N) is 1. The predicted molar refractivity (Wildman–Crippen MR) is 95.3 cm³/mol. The fraction of sp³-hybridized carbons (Fsp3) is 0.316. The summed E-state index contributed by atoms with van der Waals surface area (Å²) in [6.07, 6.45) is 0.864. The lowest BCUT2D eigenvalue weighted by atomic mass is 10.1. The van der Waals surface area contributed by atoms with Gasteiger partial charge in [-0.15, -0.1) is 0 Å². The molecule has 24 heavy (non-hydrogen) atoms. The van der Waals surface area contributed by atoms with Crippen molar-refractivity contribution in [3.05, 3.63) is 54.1 Å². The van der Waals surface area contributed by atoms with Crippen LogP contribution in [0.5, 0.6) is 11.5 Å². The average molecular weight is 328 g/mol. The number of carbonyl (C=O) groups excluding carboxylic acids is 1. The molecule has 1 unspecified atom stereocenters. The summed E-state index contributed by atoms with van der Waals surface area (Å²) in [5.41, 5.74) is 7.59. The minimum Gasteiger partial charge on any atom is -0.493 e. The van der Waals surface area contributed by atoms with Gasteiger partial charge in [-0.05, 0) is 37.1 Å². The van der Waals surface area contributed by atoms with Gasteiger partial charge in [0.05, 0.1) is 13.7 Å². The topological polar surface area (TPSA) is 73.6 Å². The first kappa shape index (κ1) is 17.7. The highest BCUT2D eigenvalue weighted by atomic mass is 16.5. The van der Waals surface area contributed by atoms with Gasteiger partial charge in [0.1, 0.15) is 6.10 Å². The highest BCUT2D eigenvalue weighted by molar-refractivity contribution is 5.76. The maximum Gasteiger partial charge on any atom is 0.220 e. The fourth-order valence-electron chi connectivity index (χ4n) is 2.33. The quantitative estimate of drug-likeness (QED) is 0.731. The predicted octanol–water partition coefficient (Wildman–Crippen LogP) is 2.79. The SMILES string of the molecule is COc1ccccc1OC(C)CNC(=O)CCc1ccccc1N. The number of benzene rings is 2. The second-order valence-electron chi connectivity index (χ2n) is 5.58. The normalized spacial score (nSPS) is 11.6. The Kier molecular flexibility index (Phi) is 6.49. The van der Waals surface area contributed by atoms with E-state index in [9.17, 15) is 4.79 Å². The maximum atomic E-state index is 12.0. The zero-order valence-electron chi connectivity index (χ0n) is 14.1. The van der Waals surface area contributed by atoms with Crippen LogP contribution in [0.4, 0.5) is 5.69 Å². The third-order valence-electron chi connectivity index (χ3n) is 3.66. The molecule has 0 saturated carbocycles. The number of ether oxygens (including phenoxy) is 2. The second kappa shape index (κ2) is 8.82. The molecule has 0 bridgehead atoms. The van der Waals surface area contributed by atoms with Gasteiger partial charge in [0, 0.05) is 12.1 Å². The van der Waals surface area contributed by atoms with Crippen LogP contribution in [-0.2, 0) is 11.2 Å². The van der Waals surface area contributed by atoms with Gasteiger partial charge >= 0.3 is 0 Å². The van der Waals surface area contributed by atoms with Crippen LogP contribution in [0.3, 0.4) is 0 Å². The van der Waals surface area contributed by atoms with E-state index in [1.165, 1.54) is 0 Å². The van der Waals surface area contributed by atoms with Crippen molar-refractivity contribution in [2.24, 2.45) is 0 Å². The van der Waals surface area contributed by atoms with E-state index in [2.05, 4.69) is 5.32 Å². The summed E-state index contributed by atoms with van der Waals surface area (Å²) in [4.78, 5) is 12.0. The summed E-state index contributed by atoms with van der Waals surface area (Å²) in [7, 11) is 1.60. The monoisotopic (exact) mass is 328 g/mol. The van der Waals surface area contributed by atoms with Gasteiger partial charge in [-0.25, -0.2) is 0 Å². The van der Waals surface area contributed by atoms with Crippen molar-refractivity contribution in [3.63, 3.8) is 0 Å². The number of rotatable bonds is 8. The first-order chi connectivity index (χ1) is 11.6. The number of methoxy groups -OCH3 is 1. The standard InChI is InChI=1S/C19H24N2O3/c1-14(24-18-10-6-5-9-17(18)23-2)13-21-19(22)12-11-15-7-3-4-8-16(15)20/h3-10,14H,11-13,20H2,1-2H3,(H,21,22). The molecule has 0 aliphatic heterocycles. The second-order valence-corrected chi connectivity index (χ2v) is 5.58. The van der Waals surface area contributed by atoms with Crippen molar-refractivity contribution >= 4 is 11.6 Å². The number of nitrogens with one attached hydrogen (secondary N) is 1. The van der Waals surface area contributed by atoms with Crippen LogP contribution in [0, 0.1) is 0 Å². The van der Waals surface area contributed by atoms with Crippen LogP contribution < -0.4 is 20.5 Å². The minimum absolute atomic E-state index is 0.0197. The van der Waals surface area contributed by atoms with Crippen molar-refractivity contribution in [1.82, 2.24) is 5.32 Å². The van der Waals surface area contributed by atoms with Crippen molar-refractivity contribution in [2.45, 2.75) is 25.9 Å². The zero-order chi connectivity index (χ0) is 17.4. The van der Waals surface area contributed by atoms with E-state index in [0.717, 1.165) is 11.3 Å². The smallest absolute Gasteiger partial charge is 0.220 e. The van der Waals surface area contributed by atoms with Crippen molar-refractivity contribution < 1.29 is 14.3 Å². The van der Waals surface area contributed by atoms with E-state index in [1.54, 1.807) is 7.11 Å². The van der Waals surface area contributed by atoms with Crippen LogP contribution >= 0.6 is 0 Å². The molecule has 0 heterocycles. The van der Waals surface area contributed by atoms with Gasteiger partial charge in [-0.1, -0.05) is 30.3 Å². The number of nitrogen functional groups attached to an aromatic ring is 1. The molecule has 0 aromatic heterocycles. The Morgan fingerprint density at radius 3 is 2.50 bits per heavy atom. The van der Waals surface area contributed by atoms with Crippen LogP contribution in [0.2, 0.25) is 0 Å². The molecular weight excluding hydrogens is 304 g/mol. The molecule has 1 amide bonds. The summed E-state index contributed by atoms with van der Waals surface area (Å²) < 4.78 is 11.1. The molecule has 0 radical (unpaired) electrons. The Morgan fingerprint density at radius 2 is 1.79 bits per heavy atom. The molecule has 0 spiro atoms. The number of hydrogen-bond acceptors (Lipinski definition) is 4. The zero-order valence-corrected chi connectivity index (χ0v) is 14.1. The van der Waals surface area contributed by atoms with E-state index < -0.39 is 0 Å². The third-order valence-corrected chi connectivity index (χ3v) is 3.66. The highest BCUT2D eigenvalue weighted by Crippen LogP contribution is 2.26. The minimum atomic E-state index is -0.160. The van der Waals surface area contributed by atoms with Gasteiger partial charge < -0.3 is 20.5 Å². The summed E-state index contributed by atoms with van der Waals surface area (Å²) in [6.45, 7) is 2.34. The van der Waals surface area contributed by atoms with Crippen molar-refractivity contribution in [3.8, 4) is 11.5 Å². The molecule has 2 aromatic rings. The molecule has 0 aliphatic carbocycles. The van der Waals surface area contributed by atoms with E-state index in [1.807, 2.05) is 55.5 Å². The molecule has 0 aliphatic rings. The summed E-state index contributed by atoms with van der Waals surface area (Å²) in [6, 6.07) is 15.0. The Bertz CT molecular complexity index is 673. The van der Waals surface area contributed by atoms with Gasteiger partial charge in [0.15, 0.2) is 11.5 Å². The van der Waals surface area contributed by atoms with Crippen LogP contribution in [-0.4, -0.2) is 25.7 Å². The number of carbonyl (C=O) groups is 1. The Balaban J connectivity index is 1.76. The summed E-state index contributed by atoms with van der Waals surface area (Å²) in [5, 5.41) is 2.88. The Labute approximate surface area is 142 Å². The van der Waals surface area contributed by atoms with Gasteiger partial charge in [-0.2, -0.15) is 0 Å². The number of para-hydroxylation sites is 3. The van der Waals surface area contributed by atoms with Crippen molar-refractivity contribution in [1.29, 1.82) is 0 Å². The van der Waals surface area contributed by atoms with E-state index >= 15 is 0 Å². The first-order valence-electron chi connectivity index (χ1n) is 8.00. The van der Waals surface area contributed by atoms with Crippen LogP contribution in [0.15, 0.2) is 48.5 Å². The lowest BCUT2D eigenvalue weighted by molar-refractivity contribution is -0.121. The summed E-state index contributed by atoms with van der Waals surface area (Å²) >= 11 is 0. The molecule has 5 heteroatoms. The largest absolute Gasteiger partial charge is 0.493 e. The van der Waals surface area contributed by atoms with Gasteiger partial charge in [0.2, 0.25) is 5.91 Å². The summed E-state index contributed by atoms with van der Waals surface area (Å²) in [5.74, 6) is 1.32. The Morgan fingerprint density at radius 1 is 1.12 bits per heavy atom. The lowest BCUT2D eigenvalue weighted by Crippen LogP contribution is -2.33. The van der Waals surface area contributed by atoms with Gasteiger partial charge in [-0.3, -0.25) is 4.79 Å². The molecule has 1 atom stereocenters. The van der Waals surface area contributed by atoms with Crippen LogP contribution in [0.1, 0.15) is 18.9 Å². The maximum absolute atomic E-state index is 12.0. The van der Waals surface area contributed by atoms with Gasteiger partial charge in [0.25, 0.3) is 0 Å². The molecule has 2 aromatic carbocycles. The third kappa shape index (κ3) is 5.19. The molecule has 0 fully saturated rings. The number of anilines is 1. The van der Waals surface area contributed by atoms with Crippen molar-refractivity contribution in [2.75, 3.05) is 19.4 Å².